The van der Waals surface area contributed by atoms with Crippen LogP contribution >= 0.6 is 11.3 Å². The summed E-state index contributed by atoms with van der Waals surface area (Å²) in [6.45, 7) is 4.83. The lowest BCUT2D eigenvalue weighted by Crippen LogP contribution is -2.33. The van der Waals surface area contributed by atoms with E-state index in [1.807, 2.05) is 55.6 Å². The maximum absolute atomic E-state index is 12.4. The number of carbonyl (C=O) groups is 1. The molecule has 1 N–H and O–H groups in total. The summed E-state index contributed by atoms with van der Waals surface area (Å²) in [5.74, 6) is 1.47. The molecule has 7 nitrogen and oxygen atoms in total. The van der Waals surface area contributed by atoms with Crippen LogP contribution in [0.1, 0.15) is 40.8 Å². The first-order valence-electron chi connectivity index (χ1n) is 11.0. The molecule has 1 fully saturated rings. The van der Waals surface area contributed by atoms with E-state index in [1.165, 1.54) is 0 Å². The number of amides is 1. The second kappa shape index (κ2) is 9.18. The second-order valence-corrected chi connectivity index (χ2v) is 9.25. The van der Waals surface area contributed by atoms with Gasteiger partial charge in [-0.25, -0.2) is 4.98 Å². The summed E-state index contributed by atoms with van der Waals surface area (Å²) in [4.78, 5) is 19.6. The van der Waals surface area contributed by atoms with Crippen LogP contribution in [0.3, 0.4) is 0 Å². The minimum atomic E-state index is -0.0263. The molecule has 32 heavy (non-hydrogen) atoms. The van der Waals surface area contributed by atoms with Gasteiger partial charge in [0.05, 0.1) is 12.1 Å². The molecule has 4 heterocycles. The standard InChI is InChI=1S/C24H26N6OS/c1-17-6-2-3-7-20(17)26-22(31)14-23-25-19(16-32-23)15-29-12-9-18(10-13-29)24-28-27-21-8-4-5-11-30(21)24/h2-8,11,16,18H,9-10,12-15H2,1H3,(H,26,31). The first-order valence-corrected chi connectivity index (χ1v) is 11.8. The molecule has 164 valence electrons. The second-order valence-electron chi connectivity index (χ2n) is 8.31. The predicted octanol–water partition coefficient (Wildman–Crippen LogP) is 4.06. The average Bonchev–Trinajstić information content (AvgIpc) is 3.43. The number of thiazole rings is 1. The molecule has 5 rings (SSSR count). The molecule has 0 spiro atoms. The van der Waals surface area contributed by atoms with Crippen LogP contribution in [0, 0.1) is 6.92 Å². The van der Waals surface area contributed by atoms with Gasteiger partial charge >= 0.3 is 0 Å². The Morgan fingerprint density at radius 2 is 1.94 bits per heavy atom. The quantitative estimate of drug-likeness (QED) is 0.484. The third kappa shape index (κ3) is 4.56. The summed E-state index contributed by atoms with van der Waals surface area (Å²) in [6.07, 6.45) is 4.47. The summed E-state index contributed by atoms with van der Waals surface area (Å²) in [5, 5.41) is 14.7. The van der Waals surface area contributed by atoms with Gasteiger partial charge in [0, 0.05) is 29.7 Å². The zero-order valence-electron chi connectivity index (χ0n) is 18.1. The molecular formula is C24H26N6OS. The molecule has 0 aliphatic carbocycles. The van der Waals surface area contributed by atoms with Crippen molar-refractivity contribution in [2.24, 2.45) is 0 Å². The average molecular weight is 447 g/mol. The zero-order chi connectivity index (χ0) is 21.9. The molecule has 1 saturated heterocycles. The number of nitrogens with zero attached hydrogens (tertiary/aromatic N) is 5. The molecule has 0 atom stereocenters. The number of carbonyl (C=O) groups excluding carboxylic acids is 1. The molecule has 0 bridgehead atoms. The van der Waals surface area contributed by atoms with Crippen molar-refractivity contribution < 1.29 is 4.79 Å². The third-order valence-electron chi connectivity index (χ3n) is 6.01. The van der Waals surface area contributed by atoms with Crippen molar-refractivity contribution in [2.75, 3.05) is 18.4 Å². The number of aryl methyl sites for hydroxylation is 1. The van der Waals surface area contributed by atoms with Crippen LogP contribution in [0.15, 0.2) is 54.0 Å². The molecule has 1 aliphatic heterocycles. The lowest BCUT2D eigenvalue weighted by atomic mass is 9.96. The molecule has 8 heteroatoms. The van der Waals surface area contributed by atoms with Crippen LogP contribution in [-0.4, -0.2) is 43.5 Å². The summed E-state index contributed by atoms with van der Waals surface area (Å²) in [5.41, 5.74) is 3.87. The van der Waals surface area contributed by atoms with E-state index in [1.54, 1.807) is 11.3 Å². The smallest absolute Gasteiger partial charge is 0.231 e. The van der Waals surface area contributed by atoms with Crippen molar-refractivity contribution in [1.82, 2.24) is 24.5 Å². The fourth-order valence-corrected chi connectivity index (χ4v) is 5.05. The highest BCUT2D eigenvalue weighted by molar-refractivity contribution is 7.09. The molecule has 4 aromatic rings. The number of piperidine rings is 1. The van der Waals surface area contributed by atoms with Crippen molar-refractivity contribution in [1.29, 1.82) is 0 Å². The van der Waals surface area contributed by atoms with Crippen molar-refractivity contribution in [3.05, 3.63) is 76.1 Å². The van der Waals surface area contributed by atoms with Gasteiger partial charge in [-0.2, -0.15) is 0 Å². The number of aromatic nitrogens is 4. The molecule has 1 amide bonds. The van der Waals surface area contributed by atoms with Gasteiger partial charge in [0.1, 0.15) is 10.8 Å². The van der Waals surface area contributed by atoms with Gasteiger partial charge in [-0.1, -0.05) is 24.3 Å². The monoisotopic (exact) mass is 446 g/mol. The van der Waals surface area contributed by atoms with E-state index in [2.05, 4.69) is 30.2 Å². The lowest BCUT2D eigenvalue weighted by Gasteiger charge is -2.30. The normalized spacial score (nSPS) is 15.3. The van der Waals surface area contributed by atoms with Gasteiger partial charge in [0.15, 0.2) is 5.65 Å². The highest BCUT2D eigenvalue weighted by Crippen LogP contribution is 2.28. The number of rotatable bonds is 6. The number of hydrogen-bond donors (Lipinski definition) is 1. The van der Waals surface area contributed by atoms with E-state index in [4.69, 9.17) is 4.98 Å². The first kappa shape index (κ1) is 20.8. The summed E-state index contributed by atoms with van der Waals surface area (Å²) < 4.78 is 2.11. The van der Waals surface area contributed by atoms with E-state index in [-0.39, 0.29) is 5.91 Å². The van der Waals surface area contributed by atoms with E-state index in [0.717, 1.165) is 65.9 Å². The van der Waals surface area contributed by atoms with Gasteiger partial charge in [-0.15, -0.1) is 21.5 Å². The van der Waals surface area contributed by atoms with Crippen LogP contribution in [0.2, 0.25) is 0 Å². The largest absolute Gasteiger partial charge is 0.325 e. The Bertz CT molecular complexity index is 1220. The van der Waals surface area contributed by atoms with Gasteiger partial charge in [0.25, 0.3) is 0 Å². The van der Waals surface area contributed by atoms with Crippen LogP contribution in [0.25, 0.3) is 5.65 Å². The van der Waals surface area contributed by atoms with Gasteiger partial charge in [-0.3, -0.25) is 14.1 Å². The van der Waals surface area contributed by atoms with E-state index >= 15 is 0 Å². The van der Waals surface area contributed by atoms with E-state index in [0.29, 0.717) is 12.3 Å². The van der Waals surface area contributed by atoms with Crippen molar-refractivity contribution in [3.63, 3.8) is 0 Å². The number of nitrogens with one attached hydrogen (secondary N) is 1. The summed E-state index contributed by atoms with van der Waals surface area (Å²) in [7, 11) is 0. The number of anilines is 1. The van der Waals surface area contributed by atoms with Crippen molar-refractivity contribution >= 4 is 28.6 Å². The fraction of sp³-hybridized carbons (Fsp3) is 0.333. The van der Waals surface area contributed by atoms with Crippen molar-refractivity contribution in [3.8, 4) is 0 Å². The Hall–Kier alpha value is -3.10. The maximum atomic E-state index is 12.4. The zero-order valence-corrected chi connectivity index (χ0v) is 18.9. The highest BCUT2D eigenvalue weighted by Gasteiger charge is 2.25. The summed E-state index contributed by atoms with van der Waals surface area (Å²) >= 11 is 1.56. The SMILES string of the molecule is Cc1ccccc1NC(=O)Cc1nc(CN2CCC(c3nnc4ccccn34)CC2)cs1. The molecule has 0 radical (unpaired) electrons. The van der Waals surface area contributed by atoms with Crippen molar-refractivity contribution in [2.45, 2.75) is 38.6 Å². The Balaban J connectivity index is 1.14. The first-order chi connectivity index (χ1) is 15.7. The van der Waals surface area contributed by atoms with Gasteiger partial charge in [-0.05, 0) is 56.6 Å². The van der Waals surface area contributed by atoms with Crippen LogP contribution in [0.4, 0.5) is 5.69 Å². The fourth-order valence-electron chi connectivity index (χ4n) is 4.26. The Morgan fingerprint density at radius 3 is 2.78 bits per heavy atom. The van der Waals surface area contributed by atoms with E-state index < -0.39 is 0 Å². The molecule has 0 unspecified atom stereocenters. The molecule has 1 aliphatic rings. The molecular weight excluding hydrogens is 420 g/mol. The highest BCUT2D eigenvalue weighted by atomic mass is 32.1. The van der Waals surface area contributed by atoms with E-state index in [9.17, 15) is 4.79 Å². The van der Waals surface area contributed by atoms with Gasteiger partial charge < -0.3 is 5.32 Å². The van der Waals surface area contributed by atoms with Crippen LogP contribution in [-0.2, 0) is 17.8 Å². The molecule has 3 aromatic heterocycles. The number of fused-ring (bicyclic) bond motifs is 1. The number of para-hydroxylation sites is 1. The minimum Gasteiger partial charge on any atom is -0.325 e. The third-order valence-corrected chi connectivity index (χ3v) is 6.91. The lowest BCUT2D eigenvalue weighted by molar-refractivity contribution is -0.115. The minimum absolute atomic E-state index is 0.0263. The number of pyridine rings is 1. The number of benzene rings is 1. The Labute approximate surface area is 191 Å². The topological polar surface area (TPSA) is 75.4 Å². The van der Waals surface area contributed by atoms with Crippen LogP contribution < -0.4 is 5.32 Å². The van der Waals surface area contributed by atoms with Gasteiger partial charge in [0.2, 0.25) is 5.91 Å². The Kier molecular flexibility index (Phi) is 5.96. The summed E-state index contributed by atoms with van der Waals surface area (Å²) in [6, 6.07) is 13.8. The van der Waals surface area contributed by atoms with Crippen LogP contribution in [0.5, 0.6) is 0 Å². The Morgan fingerprint density at radius 1 is 1.12 bits per heavy atom. The number of hydrogen-bond acceptors (Lipinski definition) is 6. The molecule has 1 aromatic carbocycles. The predicted molar refractivity (Wildman–Crippen MR) is 126 cm³/mol. The maximum Gasteiger partial charge on any atom is 0.231 e. The molecule has 0 saturated carbocycles. The number of likely N-dealkylation sites (tertiary alicyclic amines) is 1.